The third-order valence-electron chi connectivity index (χ3n) is 6.72. The Hall–Kier alpha value is -2.06. The van der Waals surface area contributed by atoms with Crippen LogP contribution in [0.1, 0.15) is 34.7 Å². The maximum atomic E-state index is 5.50. The van der Waals surface area contributed by atoms with Crippen LogP contribution in [0.2, 0.25) is 0 Å². The minimum Gasteiger partial charge on any atom is -0.379 e. The predicted octanol–water partition coefficient (Wildman–Crippen LogP) is 4.22. The first-order valence-corrected chi connectivity index (χ1v) is 12.6. The summed E-state index contributed by atoms with van der Waals surface area (Å²) in [5.74, 6) is 1.95. The van der Waals surface area contributed by atoms with Crippen LogP contribution in [0.15, 0.2) is 30.3 Å². The van der Waals surface area contributed by atoms with Crippen LogP contribution in [0, 0.1) is 13.8 Å². The van der Waals surface area contributed by atoms with E-state index in [9.17, 15) is 0 Å². The van der Waals surface area contributed by atoms with E-state index in [0.717, 1.165) is 81.8 Å². The van der Waals surface area contributed by atoms with Gasteiger partial charge in [-0.25, -0.2) is 9.97 Å². The molecular formula is C25H33N5OS. The molecule has 2 aliphatic rings. The van der Waals surface area contributed by atoms with Gasteiger partial charge in [0.2, 0.25) is 0 Å². The lowest BCUT2D eigenvalue weighted by Crippen LogP contribution is -2.39. The van der Waals surface area contributed by atoms with Crippen LogP contribution in [0.3, 0.4) is 0 Å². The third kappa shape index (κ3) is 4.96. The number of morpholine rings is 1. The highest BCUT2D eigenvalue weighted by Gasteiger charge is 2.23. The number of ether oxygens (including phenoxy) is 1. The number of piperidine rings is 1. The van der Waals surface area contributed by atoms with Crippen molar-refractivity contribution in [2.24, 2.45) is 0 Å². The molecule has 2 aliphatic heterocycles. The molecule has 3 aromatic rings. The monoisotopic (exact) mass is 451 g/mol. The van der Waals surface area contributed by atoms with E-state index in [-0.39, 0.29) is 0 Å². The van der Waals surface area contributed by atoms with Crippen molar-refractivity contribution in [3.63, 3.8) is 0 Å². The predicted molar refractivity (Wildman–Crippen MR) is 131 cm³/mol. The Morgan fingerprint density at radius 1 is 0.969 bits per heavy atom. The number of nitrogens with zero attached hydrogens (tertiary/aromatic N) is 4. The molecule has 1 N–H and O–H groups in total. The summed E-state index contributed by atoms with van der Waals surface area (Å²) >= 11 is 1.79. The van der Waals surface area contributed by atoms with E-state index in [4.69, 9.17) is 14.7 Å². The molecule has 2 fully saturated rings. The van der Waals surface area contributed by atoms with Crippen molar-refractivity contribution in [2.75, 3.05) is 44.7 Å². The Morgan fingerprint density at radius 2 is 1.69 bits per heavy atom. The topological polar surface area (TPSA) is 53.5 Å². The van der Waals surface area contributed by atoms with Crippen molar-refractivity contribution >= 4 is 27.4 Å². The van der Waals surface area contributed by atoms with Crippen molar-refractivity contribution in [3.05, 3.63) is 52.2 Å². The molecule has 0 radical (unpaired) electrons. The number of aryl methyl sites for hydroxylation is 2. The second-order valence-electron chi connectivity index (χ2n) is 9.02. The van der Waals surface area contributed by atoms with Crippen LogP contribution in [-0.2, 0) is 17.8 Å². The van der Waals surface area contributed by atoms with Gasteiger partial charge in [0.1, 0.15) is 16.5 Å². The SMILES string of the molecule is Cc1sc2nc(CN3CCOCC3)nc(NC3CCN(Cc4ccccc4)CC3)c2c1C. The zero-order valence-corrected chi connectivity index (χ0v) is 20.0. The van der Waals surface area contributed by atoms with Gasteiger partial charge in [0, 0.05) is 43.6 Å². The van der Waals surface area contributed by atoms with Crippen LogP contribution in [0.25, 0.3) is 10.2 Å². The quantitative estimate of drug-likeness (QED) is 0.606. The Kier molecular flexibility index (Phi) is 6.69. The number of nitrogens with one attached hydrogen (secondary N) is 1. The smallest absolute Gasteiger partial charge is 0.146 e. The number of thiophene rings is 1. The molecule has 6 nitrogen and oxygen atoms in total. The Labute approximate surface area is 194 Å². The second kappa shape index (κ2) is 9.83. The molecule has 0 aliphatic carbocycles. The standard InChI is InChI=1S/C25H33N5OS/c1-18-19(2)32-25-23(18)24(27-22(28-25)17-30-12-14-31-15-13-30)26-21-8-10-29(11-9-21)16-20-6-4-3-5-7-20/h3-7,21H,8-17H2,1-2H3,(H,26,27,28). The second-order valence-corrected chi connectivity index (χ2v) is 10.2. The van der Waals surface area contributed by atoms with Crippen molar-refractivity contribution in [3.8, 4) is 0 Å². The minimum atomic E-state index is 0.455. The first-order chi connectivity index (χ1) is 15.7. The number of aromatic nitrogens is 2. The van der Waals surface area contributed by atoms with E-state index in [2.05, 4.69) is 59.3 Å². The van der Waals surface area contributed by atoms with Gasteiger partial charge < -0.3 is 10.1 Å². The highest BCUT2D eigenvalue weighted by atomic mass is 32.1. The molecule has 0 bridgehead atoms. The molecule has 0 atom stereocenters. The van der Waals surface area contributed by atoms with Crippen LogP contribution < -0.4 is 5.32 Å². The van der Waals surface area contributed by atoms with Crippen LogP contribution in [0.5, 0.6) is 0 Å². The third-order valence-corrected chi connectivity index (χ3v) is 7.82. The molecule has 32 heavy (non-hydrogen) atoms. The van der Waals surface area contributed by atoms with E-state index in [0.29, 0.717) is 6.04 Å². The summed E-state index contributed by atoms with van der Waals surface area (Å²) in [5, 5.41) is 5.04. The number of benzene rings is 1. The van der Waals surface area contributed by atoms with Gasteiger partial charge in [-0.2, -0.15) is 0 Å². The Bertz CT molecular complexity index is 1040. The summed E-state index contributed by atoms with van der Waals surface area (Å²) in [4.78, 5) is 17.4. The number of anilines is 1. The summed E-state index contributed by atoms with van der Waals surface area (Å²) in [6.45, 7) is 11.9. The van der Waals surface area contributed by atoms with E-state index >= 15 is 0 Å². The molecule has 0 spiro atoms. The van der Waals surface area contributed by atoms with Crippen molar-refractivity contribution in [1.82, 2.24) is 19.8 Å². The summed E-state index contributed by atoms with van der Waals surface area (Å²) in [6, 6.07) is 11.2. The van der Waals surface area contributed by atoms with Crippen molar-refractivity contribution < 1.29 is 4.74 Å². The number of hydrogen-bond acceptors (Lipinski definition) is 7. The maximum absolute atomic E-state index is 5.50. The maximum Gasteiger partial charge on any atom is 0.146 e. The fraction of sp³-hybridized carbons (Fsp3) is 0.520. The van der Waals surface area contributed by atoms with E-state index < -0.39 is 0 Å². The average molecular weight is 452 g/mol. The first-order valence-electron chi connectivity index (χ1n) is 11.8. The van der Waals surface area contributed by atoms with Crippen molar-refractivity contribution in [2.45, 2.75) is 45.8 Å². The molecule has 0 saturated carbocycles. The molecular weight excluding hydrogens is 418 g/mol. The lowest BCUT2D eigenvalue weighted by Gasteiger charge is -2.33. The highest BCUT2D eigenvalue weighted by Crippen LogP contribution is 2.34. The lowest BCUT2D eigenvalue weighted by molar-refractivity contribution is 0.0331. The minimum absolute atomic E-state index is 0.455. The van der Waals surface area contributed by atoms with Gasteiger partial charge >= 0.3 is 0 Å². The van der Waals surface area contributed by atoms with E-state index in [1.807, 2.05) is 0 Å². The Balaban J connectivity index is 1.29. The van der Waals surface area contributed by atoms with Crippen LogP contribution in [0.4, 0.5) is 5.82 Å². The molecule has 4 heterocycles. The van der Waals surface area contributed by atoms with Gasteiger partial charge in [-0.3, -0.25) is 9.80 Å². The van der Waals surface area contributed by atoms with Crippen molar-refractivity contribution in [1.29, 1.82) is 0 Å². The summed E-state index contributed by atoms with van der Waals surface area (Å²) in [6.07, 6.45) is 2.28. The molecule has 0 unspecified atom stereocenters. The zero-order chi connectivity index (χ0) is 21.9. The molecule has 170 valence electrons. The van der Waals surface area contributed by atoms with Gasteiger partial charge in [-0.1, -0.05) is 30.3 Å². The van der Waals surface area contributed by atoms with Gasteiger partial charge in [0.15, 0.2) is 0 Å². The number of fused-ring (bicyclic) bond motifs is 1. The molecule has 5 rings (SSSR count). The fourth-order valence-electron chi connectivity index (χ4n) is 4.70. The highest BCUT2D eigenvalue weighted by molar-refractivity contribution is 7.18. The average Bonchev–Trinajstić information content (AvgIpc) is 3.10. The molecule has 1 aromatic carbocycles. The number of hydrogen-bond donors (Lipinski definition) is 1. The van der Waals surface area contributed by atoms with Gasteiger partial charge in [-0.05, 0) is 37.8 Å². The summed E-state index contributed by atoms with van der Waals surface area (Å²) < 4.78 is 5.50. The molecule has 0 amide bonds. The largest absolute Gasteiger partial charge is 0.379 e. The molecule has 2 aromatic heterocycles. The number of rotatable bonds is 6. The normalized spacial score (nSPS) is 18.9. The van der Waals surface area contributed by atoms with Gasteiger partial charge in [-0.15, -0.1) is 11.3 Å². The number of likely N-dealkylation sites (tertiary alicyclic amines) is 1. The zero-order valence-electron chi connectivity index (χ0n) is 19.1. The van der Waals surface area contributed by atoms with Crippen LogP contribution in [-0.4, -0.2) is 65.2 Å². The molecule has 2 saturated heterocycles. The van der Waals surface area contributed by atoms with E-state index in [1.165, 1.54) is 21.4 Å². The molecule has 7 heteroatoms. The first kappa shape index (κ1) is 21.8. The summed E-state index contributed by atoms with van der Waals surface area (Å²) in [5.41, 5.74) is 2.71. The van der Waals surface area contributed by atoms with E-state index in [1.54, 1.807) is 11.3 Å². The van der Waals surface area contributed by atoms with Gasteiger partial charge in [0.05, 0.1) is 25.1 Å². The van der Waals surface area contributed by atoms with Crippen LogP contribution >= 0.6 is 11.3 Å². The lowest BCUT2D eigenvalue weighted by atomic mass is 10.0. The van der Waals surface area contributed by atoms with Gasteiger partial charge in [0.25, 0.3) is 0 Å². The summed E-state index contributed by atoms with van der Waals surface area (Å²) in [7, 11) is 0. The Morgan fingerprint density at radius 3 is 2.44 bits per heavy atom. The fourth-order valence-corrected chi connectivity index (χ4v) is 5.75.